The van der Waals surface area contributed by atoms with Crippen LogP contribution in [0.2, 0.25) is 0 Å². The summed E-state index contributed by atoms with van der Waals surface area (Å²) in [6.07, 6.45) is 2.86. The first-order valence-electron chi connectivity index (χ1n) is 8.28. The van der Waals surface area contributed by atoms with Crippen molar-refractivity contribution in [1.82, 2.24) is 25.0 Å². The van der Waals surface area contributed by atoms with Gasteiger partial charge in [0.25, 0.3) is 0 Å². The summed E-state index contributed by atoms with van der Waals surface area (Å²) in [5, 5.41) is 10.7. The van der Waals surface area contributed by atoms with Gasteiger partial charge in [0.1, 0.15) is 11.6 Å². The predicted molar refractivity (Wildman–Crippen MR) is 93.0 cm³/mol. The van der Waals surface area contributed by atoms with Crippen LogP contribution < -0.4 is 10.0 Å². The zero-order valence-electron chi connectivity index (χ0n) is 14.9. The molecule has 148 valence electrons. The van der Waals surface area contributed by atoms with Gasteiger partial charge in [-0.25, -0.2) is 21.9 Å². The third kappa shape index (κ3) is 5.79. The van der Waals surface area contributed by atoms with Gasteiger partial charge < -0.3 is 5.32 Å². The van der Waals surface area contributed by atoms with Crippen molar-refractivity contribution >= 4 is 15.9 Å². The van der Waals surface area contributed by atoms with E-state index < -0.39 is 32.5 Å². The van der Waals surface area contributed by atoms with Crippen LogP contribution in [0.15, 0.2) is 35.5 Å². The zero-order valence-corrected chi connectivity index (χ0v) is 15.7. The molecule has 1 amide bonds. The number of benzene rings is 1. The Morgan fingerprint density at radius 3 is 2.33 bits per heavy atom. The smallest absolute Gasteiger partial charge is 0.246 e. The van der Waals surface area contributed by atoms with Gasteiger partial charge in [0.2, 0.25) is 15.9 Å². The van der Waals surface area contributed by atoms with Gasteiger partial charge in [-0.3, -0.25) is 4.79 Å². The van der Waals surface area contributed by atoms with Crippen LogP contribution in [-0.2, 0) is 21.4 Å². The van der Waals surface area contributed by atoms with Crippen molar-refractivity contribution in [3.63, 3.8) is 0 Å². The van der Waals surface area contributed by atoms with Gasteiger partial charge >= 0.3 is 0 Å². The van der Waals surface area contributed by atoms with Crippen molar-refractivity contribution in [1.29, 1.82) is 0 Å². The van der Waals surface area contributed by atoms with E-state index in [9.17, 15) is 22.0 Å². The highest BCUT2D eigenvalue weighted by Gasteiger charge is 2.24. The minimum atomic E-state index is -4.41. The Labute approximate surface area is 156 Å². The van der Waals surface area contributed by atoms with Crippen molar-refractivity contribution in [3.05, 3.63) is 42.2 Å². The molecule has 2 N–H and O–H groups in total. The van der Waals surface area contributed by atoms with E-state index in [1.165, 1.54) is 17.2 Å². The monoisotopic (exact) mass is 401 g/mol. The molecule has 27 heavy (non-hydrogen) atoms. The second-order valence-electron chi connectivity index (χ2n) is 6.20. The second kappa shape index (κ2) is 9.00. The Hall–Kier alpha value is -2.40. The van der Waals surface area contributed by atoms with E-state index >= 15 is 0 Å². The fourth-order valence-corrected chi connectivity index (χ4v) is 3.49. The quantitative estimate of drug-likeness (QED) is 0.654. The minimum Gasteiger partial charge on any atom is -0.351 e. The minimum absolute atomic E-state index is 0.0872. The number of rotatable bonds is 9. The number of aromatic nitrogens is 3. The van der Waals surface area contributed by atoms with Crippen LogP contribution in [0.25, 0.3) is 0 Å². The highest BCUT2D eigenvalue weighted by atomic mass is 32.2. The number of halogens is 2. The molecule has 0 aliphatic carbocycles. The Morgan fingerprint density at radius 2 is 1.78 bits per heavy atom. The van der Waals surface area contributed by atoms with Gasteiger partial charge in [0, 0.05) is 13.0 Å². The highest BCUT2D eigenvalue weighted by Crippen LogP contribution is 2.17. The maximum Gasteiger partial charge on any atom is 0.246 e. The summed E-state index contributed by atoms with van der Waals surface area (Å²) in [6, 6.07) is 2.50. The van der Waals surface area contributed by atoms with E-state index in [0.717, 1.165) is 18.2 Å². The van der Waals surface area contributed by atoms with Crippen LogP contribution in [0.5, 0.6) is 0 Å². The van der Waals surface area contributed by atoms with Gasteiger partial charge in [0.15, 0.2) is 4.90 Å². The first-order chi connectivity index (χ1) is 12.7. The number of hydrogen-bond donors (Lipinski definition) is 2. The molecule has 8 nitrogen and oxygen atoms in total. The molecule has 0 aliphatic heterocycles. The fraction of sp³-hybridized carbons (Fsp3) is 0.438. The average Bonchev–Trinajstić information content (AvgIpc) is 3.06. The number of carbonyl (C=O) groups excluding carboxylic acids is 1. The van der Waals surface area contributed by atoms with Crippen molar-refractivity contribution in [3.8, 4) is 0 Å². The molecule has 0 saturated heterocycles. The number of nitrogens with one attached hydrogen (secondary N) is 2. The lowest BCUT2D eigenvalue weighted by Crippen LogP contribution is -2.43. The molecule has 2 rings (SSSR count). The summed E-state index contributed by atoms with van der Waals surface area (Å²) in [6.45, 7) is 3.89. The molecule has 11 heteroatoms. The maximum absolute atomic E-state index is 13.6. The lowest BCUT2D eigenvalue weighted by atomic mass is 10.0. The molecule has 0 aliphatic rings. The first-order valence-corrected chi connectivity index (χ1v) is 9.76. The van der Waals surface area contributed by atoms with Gasteiger partial charge in [-0.05, 0) is 18.1 Å². The molecule has 1 atom stereocenters. The number of sulfonamides is 1. The summed E-state index contributed by atoms with van der Waals surface area (Å²) < 4.78 is 53.4. The molecule has 1 unspecified atom stereocenters. The molecular weight excluding hydrogens is 380 g/mol. The average molecular weight is 401 g/mol. The molecule has 1 heterocycles. The topological polar surface area (TPSA) is 106 Å². The Morgan fingerprint density at radius 1 is 1.19 bits per heavy atom. The van der Waals surface area contributed by atoms with E-state index in [2.05, 4.69) is 15.5 Å². The molecule has 0 radical (unpaired) electrons. The fourth-order valence-electron chi connectivity index (χ4n) is 2.33. The summed E-state index contributed by atoms with van der Waals surface area (Å²) in [5.41, 5.74) is 0. The van der Waals surface area contributed by atoms with E-state index in [1.807, 2.05) is 18.6 Å². The lowest BCUT2D eigenvalue weighted by Gasteiger charge is -2.21. The normalized spacial score (nSPS) is 12.9. The maximum atomic E-state index is 13.6. The Bertz CT molecular complexity index is 852. The van der Waals surface area contributed by atoms with Crippen LogP contribution in [0, 0.1) is 17.6 Å². The van der Waals surface area contributed by atoms with E-state index in [4.69, 9.17) is 0 Å². The van der Waals surface area contributed by atoms with E-state index in [0.29, 0.717) is 6.54 Å². The summed E-state index contributed by atoms with van der Waals surface area (Å²) >= 11 is 0. The summed E-state index contributed by atoms with van der Waals surface area (Å²) in [4.78, 5) is 12.5. The van der Waals surface area contributed by atoms with Crippen molar-refractivity contribution in [2.24, 2.45) is 5.92 Å². The van der Waals surface area contributed by atoms with Crippen molar-refractivity contribution < 1.29 is 22.0 Å². The Balaban J connectivity index is 1.91. The third-order valence-corrected chi connectivity index (χ3v) is 5.32. The molecule has 0 fully saturated rings. The molecule has 0 bridgehead atoms. The number of carbonyl (C=O) groups is 1. The van der Waals surface area contributed by atoms with E-state index in [1.54, 1.807) is 0 Å². The molecule has 0 saturated carbocycles. The zero-order chi connectivity index (χ0) is 20.0. The molecule has 1 aromatic heterocycles. The predicted octanol–water partition coefficient (Wildman–Crippen LogP) is 1.07. The number of hydrogen-bond acceptors (Lipinski definition) is 5. The second-order valence-corrected chi connectivity index (χ2v) is 7.90. The molecule has 0 spiro atoms. The highest BCUT2D eigenvalue weighted by molar-refractivity contribution is 7.89. The van der Waals surface area contributed by atoms with Gasteiger partial charge in [0.05, 0.1) is 25.0 Å². The van der Waals surface area contributed by atoms with Crippen LogP contribution in [0.3, 0.4) is 0 Å². The summed E-state index contributed by atoms with van der Waals surface area (Å²) in [5.74, 6) is -2.71. The number of amides is 1. The van der Waals surface area contributed by atoms with Crippen LogP contribution >= 0.6 is 0 Å². The molecule has 2 aromatic rings. The van der Waals surface area contributed by atoms with E-state index in [-0.39, 0.29) is 24.9 Å². The van der Waals surface area contributed by atoms with Gasteiger partial charge in [-0.2, -0.15) is 15.0 Å². The number of nitrogens with zero attached hydrogens (tertiary/aromatic N) is 3. The van der Waals surface area contributed by atoms with Gasteiger partial charge in [-0.1, -0.05) is 19.9 Å². The van der Waals surface area contributed by atoms with Crippen LogP contribution in [0.1, 0.15) is 20.3 Å². The first kappa shape index (κ1) is 20.9. The standard InChI is InChI=1S/C16H21F2N5O3S/c1-11(2)14(10-23-19-8-9-20-23)22-15(24)6-7-21-27(25,26)16-12(17)4-3-5-13(16)18/h3-5,8-9,11,14,21H,6-7,10H2,1-2H3,(H,22,24). The van der Waals surface area contributed by atoms with Crippen molar-refractivity contribution in [2.45, 2.75) is 37.8 Å². The summed E-state index contributed by atoms with van der Waals surface area (Å²) in [7, 11) is -4.41. The Kier molecular flexibility index (Phi) is 6.97. The van der Waals surface area contributed by atoms with Crippen LogP contribution in [-0.4, -0.2) is 41.9 Å². The lowest BCUT2D eigenvalue weighted by molar-refractivity contribution is -0.122. The van der Waals surface area contributed by atoms with Crippen LogP contribution in [0.4, 0.5) is 8.78 Å². The molecule has 1 aromatic carbocycles. The molecular formula is C16H21F2N5O3S. The van der Waals surface area contributed by atoms with Gasteiger partial charge in [-0.15, -0.1) is 0 Å². The largest absolute Gasteiger partial charge is 0.351 e. The third-order valence-electron chi connectivity index (χ3n) is 3.81. The SMILES string of the molecule is CC(C)C(Cn1nccn1)NC(=O)CCNS(=O)(=O)c1c(F)cccc1F. The van der Waals surface area contributed by atoms with Crippen molar-refractivity contribution in [2.75, 3.05) is 6.54 Å².